The fourth-order valence-corrected chi connectivity index (χ4v) is 5.01. The molecule has 4 radical (unpaired) electrons. The molecule has 0 atom stereocenters. The second kappa shape index (κ2) is 21.2. The Labute approximate surface area is 294 Å². The number of halogens is 2. The minimum absolute atomic E-state index is 0. The van der Waals surface area contributed by atoms with Gasteiger partial charge in [0.05, 0.1) is 0 Å². The maximum Gasteiger partial charge on any atom is 3.00 e. The minimum atomic E-state index is 0. The Balaban J connectivity index is 0. The third-order valence-electron chi connectivity index (χ3n) is 7.23. The van der Waals surface area contributed by atoms with Gasteiger partial charge in [0.2, 0.25) is 0 Å². The first-order chi connectivity index (χ1) is 19.0. The number of hydrogen-bond acceptors (Lipinski definition) is 0. The Hall–Kier alpha value is -1.61. The van der Waals surface area contributed by atoms with Crippen LogP contribution in [0, 0.1) is 19.9 Å². The van der Waals surface area contributed by atoms with Gasteiger partial charge in [-0.3, -0.25) is 0 Å². The quantitative estimate of drug-likeness (QED) is 0.165. The second-order valence-corrected chi connectivity index (χ2v) is 12.0. The first kappa shape index (κ1) is 43.5. The molecule has 0 spiro atoms. The van der Waals surface area contributed by atoms with Gasteiger partial charge in [0, 0.05) is 10.2 Å². The number of aryl methyl sites for hydroxylation is 2. The van der Waals surface area contributed by atoms with Crippen molar-refractivity contribution in [3.63, 3.8) is 0 Å². The molecule has 230 valence electrons. The van der Waals surface area contributed by atoms with E-state index >= 15 is 0 Å². The van der Waals surface area contributed by atoms with Gasteiger partial charge in [-0.25, -0.2) is 0 Å². The monoisotopic (exact) mass is 664 g/mol. The second-order valence-electron chi connectivity index (χ2n) is 12.0. The molecule has 0 aliphatic heterocycles. The Morgan fingerprint density at radius 1 is 0.535 bits per heavy atom. The van der Waals surface area contributed by atoms with Crippen molar-refractivity contribution >= 4 is 31.8 Å². The average Bonchev–Trinajstić information content (AvgIpc) is 3.50. The van der Waals surface area contributed by atoms with Crippen molar-refractivity contribution in [3.05, 3.63) is 118 Å². The van der Waals surface area contributed by atoms with Crippen molar-refractivity contribution in [1.29, 1.82) is 0 Å². The molecular formula is C39H50Cl2SiTi-2. The predicted molar refractivity (Wildman–Crippen MR) is 182 cm³/mol. The molecular weight excluding hydrogens is 615 g/mol. The van der Waals surface area contributed by atoms with E-state index in [2.05, 4.69) is 134 Å². The molecule has 5 aromatic carbocycles. The Morgan fingerprint density at radius 3 is 1.12 bits per heavy atom. The van der Waals surface area contributed by atoms with Crippen molar-refractivity contribution in [2.45, 2.75) is 99.5 Å². The smallest absolute Gasteiger partial charge is 1.00 e. The van der Waals surface area contributed by atoms with E-state index in [1.807, 2.05) is 30.3 Å². The van der Waals surface area contributed by atoms with Gasteiger partial charge in [-0.15, -0.1) is 56.9 Å². The third-order valence-corrected chi connectivity index (χ3v) is 7.23. The maximum atomic E-state index is 2.97. The van der Waals surface area contributed by atoms with Crippen LogP contribution in [0.3, 0.4) is 0 Å². The summed E-state index contributed by atoms with van der Waals surface area (Å²) in [5.41, 5.74) is 8.66. The van der Waals surface area contributed by atoms with E-state index in [-0.39, 0.29) is 46.5 Å². The zero-order valence-corrected chi connectivity index (χ0v) is 32.1. The summed E-state index contributed by atoms with van der Waals surface area (Å²) in [6.45, 7) is 24.3. The number of rotatable bonds is 4. The molecule has 0 N–H and O–H groups in total. The van der Waals surface area contributed by atoms with Gasteiger partial charge >= 0.3 is 21.7 Å². The molecule has 0 aliphatic rings. The largest absolute Gasteiger partial charge is 3.00 e. The SMILES string of the molecule is C[Si].Cc1cc2c(C(C)C)cc(C(C)C)cc2[cH-]1.Cc1cc2c(C(C)C)cc(C(C)C)cc2[cH-]1.[Cl-].[Cl-].[Ti+3].[c-]1ccccc1. The van der Waals surface area contributed by atoms with Crippen molar-refractivity contribution < 1.29 is 46.5 Å². The van der Waals surface area contributed by atoms with Gasteiger partial charge in [0.25, 0.3) is 0 Å². The van der Waals surface area contributed by atoms with Gasteiger partial charge in [-0.1, -0.05) is 110 Å². The molecule has 0 nitrogen and oxygen atoms in total. The number of hydrogen-bond donors (Lipinski definition) is 0. The van der Waals surface area contributed by atoms with Crippen molar-refractivity contribution in [2.24, 2.45) is 0 Å². The van der Waals surface area contributed by atoms with Gasteiger partial charge in [0.15, 0.2) is 0 Å². The predicted octanol–water partition coefficient (Wildman–Crippen LogP) is 5.92. The molecule has 0 aliphatic carbocycles. The first-order valence-corrected chi connectivity index (χ1v) is 15.8. The van der Waals surface area contributed by atoms with E-state index in [1.165, 1.54) is 54.9 Å². The van der Waals surface area contributed by atoms with Crippen LogP contribution in [0.2, 0.25) is 6.55 Å². The normalized spacial score (nSPS) is 10.1. The van der Waals surface area contributed by atoms with Crippen molar-refractivity contribution in [1.82, 2.24) is 0 Å². The summed E-state index contributed by atoms with van der Waals surface area (Å²) in [5.74, 6) is 2.42. The maximum absolute atomic E-state index is 2.97. The molecule has 0 saturated carbocycles. The van der Waals surface area contributed by atoms with Gasteiger partial charge in [-0.2, -0.15) is 48.5 Å². The van der Waals surface area contributed by atoms with Crippen LogP contribution in [0.15, 0.2) is 78.9 Å². The van der Waals surface area contributed by atoms with Crippen molar-refractivity contribution in [2.75, 3.05) is 0 Å². The van der Waals surface area contributed by atoms with Gasteiger partial charge < -0.3 is 24.8 Å². The van der Waals surface area contributed by atoms with E-state index in [0.717, 1.165) is 0 Å². The van der Waals surface area contributed by atoms with Crippen LogP contribution in [-0.4, -0.2) is 10.2 Å². The summed E-state index contributed by atoms with van der Waals surface area (Å²) in [7, 11) is 2.97. The first-order valence-electron chi connectivity index (χ1n) is 14.8. The average molecular weight is 666 g/mol. The summed E-state index contributed by atoms with van der Waals surface area (Å²) in [4.78, 5) is 0. The Morgan fingerprint density at radius 2 is 0.884 bits per heavy atom. The van der Waals surface area contributed by atoms with E-state index in [0.29, 0.717) is 23.7 Å². The molecule has 0 saturated heterocycles. The molecule has 0 heterocycles. The van der Waals surface area contributed by atoms with E-state index in [1.54, 1.807) is 6.55 Å². The Kier molecular flexibility index (Phi) is 21.4. The summed E-state index contributed by atoms with van der Waals surface area (Å²) >= 11 is 0. The van der Waals surface area contributed by atoms with Crippen LogP contribution >= 0.6 is 0 Å². The molecule has 0 bridgehead atoms. The number of benzene rings is 3. The molecule has 4 heteroatoms. The topological polar surface area (TPSA) is 0 Å². The summed E-state index contributed by atoms with van der Waals surface area (Å²) in [6, 6.07) is 31.2. The van der Waals surface area contributed by atoms with Crippen LogP contribution in [0.5, 0.6) is 0 Å². The van der Waals surface area contributed by atoms with Gasteiger partial charge in [0.1, 0.15) is 0 Å². The molecule has 5 aromatic rings. The summed E-state index contributed by atoms with van der Waals surface area (Å²) in [5, 5.41) is 5.70. The van der Waals surface area contributed by atoms with Crippen LogP contribution < -0.4 is 24.8 Å². The summed E-state index contributed by atoms with van der Waals surface area (Å²) in [6.07, 6.45) is 0. The molecule has 43 heavy (non-hydrogen) atoms. The molecule has 0 fully saturated rings. The molecule has 0 aromatic heterocycles. The van der Waals surface area contributed by atoms with Crippen LogP contribution in [0.4, 0.5) is 0 Å². The zero-order valence-electron chi connectivity index (χ0n) is 28.1. The fraction of sp³-hybridized carbons (Fsp3) is 0.385. The zero-order chi connectivity index (χ0) is 30.0. The fourth-order valence-electron chi connectivity index (χ4n) is 5.01. The van der Waals surface area contributed by atoms with E-state index in [4.69, 9.17) is 0 Å². The van der Waals surface area contributed by atoms with Crippen LogP contribution in [0.25, 0.3) is 21.5 Å². The standard InChI is InChI=1S/2C16H21.C6H5.CH3Si.2ClH.Ti/c2*1-10(2)13-8-14-6-12(5)7-16(14)15(9-13)11(3)4;1-2-4-6-5-3-1;1-2;;;/h2*6-11H,1-5H3;1-5H;1H3;2*1H;/q3*-1;;;;+3/p-2. The third kappa shape index (κ3) is 12.7. The molecule has 0 unspecified atom stereocenters. The summed E-state index contributed by atoms with van der Waals surface area (Å²) < 4.78 is 0. The van der Waals surface area contributed by atoms with Crippen LogP contribution in [-0.2, 0) is 21.7 Å². The van der Waals surface area contributed by atoms with Gasteiger partial charge in [-0.05, 0) is 23.7 Å². The van der Waals surface area contributed by atoms with E-state index in [9.17, 15) is 0 Å². The van der Waals surface area contributed by atoms with E-state index < -0.39 is 0 Å². The number of fused-ring (bicyclic) bond motifs is 2. The Bertz CT molecular complexity index is 1320. The minimum Gasteiger partial charge on any atom is -1.00 e. The molecule has 5 rings (SSSR count). The van der Waals surface area contributed by atoms with Crippen LogP contribution in [0.1, 0.15) is 112 Å². The molecule has 0 amide bonds. The van der Waals surface area contributed by atoms with Crippen molar-refractivity contribution in [3.8, 4) is 0 Å².